The maximum Gasteiger partial charge on any atom is 0.236 e. The number of benzene rings is 2. The average Bonchev–Trinajstić information content (AvgIpc) is 2.88. The summed E-state index contributed by atoms with van der Waals surface area (Å²) in [7, 11) is 0. The Morgan fingerprint density at radius 2 is 1.60 bits per heavy atom. The van der Waals surface area contributed by atoms with Crippen molar-refractivity contribution in [3.05, 3.63) is 71.3 Å². The van der Waals surface area contributed by atoms with E-state index in [2.05, 4.69) is 50.8 Å². The first-order valence-corrected chi connectivity index (χ1v) is 12.8. The quantitative estimate of drug-likeness (QED) is 0.690. The minimum absolute atomic E-state index is 0.107. The molecule has 3 heterocycles. The monoisotopic (exact) mass is 473 g/mol. The SMILES string of the molecule is O=C(CN1CCOCC1)N1CCCCN2[C@H](CO)[C@H](c3ccc(C#Cc4ccccc4)cc3)[C@H]2C1. The van der Waals surface area contributed by atoms with E-state index >= 15 is 0 Å². The molecule has 184 valence electrons. The van der Waals surface area contributed by atoms with E-state index in [9.17, 15) is 9.90 Å². The third-order valence-electron chi connectivity index (χ3n) is 7.61. The number of aliphatic hydroxyl groups excluding tert-OH is 1. The van der Waals surface area contributed by atoms with Gasteiger partial charge < -0.3 is 14.7 Å². The van der Waals surface area contributed by atoms with E-state index < -0.39 is 0 Å². The number of carbonyl (C=O) groups excluding carboxylic acids is 1. The summed E-state index contributed by atoms with van der Waals surface area (Å²) in [5.41, 5.74) is 3.20. The van der Waals surface area contributed by atoms with E-state index in [4.69, 9.17) is 4.74 Å². The van der Waals surface area contributed by atoms with Crippen LogP contribution >= 0.6 is 0 Å². The van der Waals surface area contributed by atoms with Crippen molar-refractivity contribution in [3.63, 3.8) is 0 Å². The van der Waals surface area contributed by atoms with Crippen molar-refractivity contribution < 1.29 is 14.6 Å². The van der Waals surface area contributed by atoms with Crippen LogP contribution in [0.25, 0.3) is 0 Å². The molecule has 0 spiro atoms. The predicted molar refractivity (Wildman–Crippen MR) is 136 cm³/mol. The normalized spacial score (nSPS) is 25.4. The Kier molecular flexibility index (Phi) is 7.80. The van der Waals surface area contributed by atoms with Crippen LogP contribution in [-0.2, 0) is 9.53 Å². The first-order chi connectivity index (χ1) is 17.2. The van der Waals surface area contributed by atoms with Gasteiger partial charge in [-0.15, -0.1) is 0 Å². The van der Waals surface area contributed by atoms with Gasteiger partial charge in [0, 0.05) is 55.3 Å². The molecule has 0 bridgehead atoms. The van der Waals surface area contributed by atoms with Gasteiger partial charge in [0.2, 0.25) is 5.91 Å². The molecule has 0 radical (unpaired) electrons. The van der Waals surface area contributed by atoms with Crippen molar-refractivity contribution in [3.8, 4) is 11.8 Å². The molecule has 2 aromatic rings. The number of amides is 1. The number of rotatable bonds is 4. The second-order valence-electron chi connectivity index (χ2n) is 9.75. The van der Waals surface area contributed by atoms with Crippen LogP contribution in [-0.4, -0.2) is 96.9 Å². The lowest BCUT2D eigenvalue weighted by atomic mass is 9.74. The minimum atomic E-state index is 0.107. The molecule has 0 aliphatic carbocycles. The van der Waals surface area contributed by atoms with Crippen molar-refractivity contribution in [1.82, 2.24) is 14.7 Å². The second-order valence-corrected chi connectivity index (χ2v) is 9.75. The number of nitrogens with zero attached hydrogens (tertiary/aromatic N) is 3. The highest BCUT2D eigenvalue weighted by Gasteiger charge is 2.49. The van der Waals surface area contributed by atoms with Gasteiger partial charge in [-0.3, -0.25) is 14.6 Å². The van der Waals surface area contributed by atoms with Gasteiger partial charge in [0.25, 0.3) is 0 Å². The Labute approximate surface area is 208 Å². The number of aliphatic hydroxyl groups is 1. The van der Waals surface area contributed by atoms with Crippen molar-refractivity contribution >= 4 is 5.91 Å². The Bertz CT molecular complexity index is 1040. The van der Waals surface area contributed by atoms with Crippen LogP contribution in [0.1, 0.15) is 35.4 Å². The number of hydrogen-bond donors (Lipinski definition) is 1. The third-order valence-corrected chi connectivity index (χ3v) is 7.61. The fourth-order valence-corrected chi connectivity index (χ4v) is 5.67. The van der Waals surface area contributed by atoms with Crippen LogP contribution in [0.2, 0.25) is 0 Å². The molecule has 35 heavy (non-hydrogen) atoms. The predicted octanol–water partition coefficient (Wildman–Crippen LogP) is 2.17. The molecule has 3 saturated heterocycles. The van der Waals surface area contributed by atoms with Crippen LogP contribution in [0.3, 0.4) is 0 Å². The van der Waals surface area contributed by atoms with Crippen molar-refractivity contribution in [1.29, 1.82) is 0 Å². The van der Waals surface area contributed by atoms with Crippen LogP contribution in [0.15, 0.2) is 54.6 Å². The Morgan fingerprint density at radius 1 is 0.914 bits per heavy atom. The van der Waals surface area contributed by atoms with Gasteiger partial charge in [-0.05, 0) is 49.2 Å². The summed E-state index contributed by atoms with van der Waals surface area (Å²) in [6.07, 6.45) is 2.06. The topological polar surface area (TPSA) is 56.2 Å². The highest BCUT2D eigenvalue weighted by molar-refractivity contribution is 5.78. The minimum Gasteiger partial charge on any atom is -0.395 e. The molecule has 0 saturated carbocycles. The number of ether oxygens (including phenoxy) is 1. The maximum atomic E-state index is 13.2. The fourth-order valence-electron chi connectivity index (χ4n) is 5.67. The highest BCUT2D eigenvalue weighted by Crippen LogP contribution is 2.42. The fraction of sp³-hybridized carbons (Fsp3) is 0.483. The maximum absolute atomic E-state index is 13.2. The smallest absolute Gasteiger partial charge is 0.236 e. The summed E-state index contributed by atoms with van der Waals surface area (Å²) in [5, 5.41) is 10.2. The molecule has 6 heteroatoms. The third kappa shape index (κ3) is 5.60. The lowest BCUT2D eigenvalue weighted by Gasteiger charge is -2.57. The number of morpholine rings is 1. The van der Waals surface area contributed by atoms with Gasteiger partial charge in [0.05, 0.1) is 26.4 Å². The molecular formula is C29H35N3O3. The Hall–Kier alpha value is -2.69. The number of carbonyl (C=O) groups is 1. The molecule has 2 aromatic carbocycles. The largest absolute Gasteiger partial charge is 0.395 e. The summed E-state index contributed by atoms with van der Waals surface area (Å²) in [5.74, 6) is 6.89. The van der Waals surface area contributed by atoms with Gasteiger partial charge in [-0.25, -0.2) is 0 Å². The molecule has 6 nitrogen and oxygen atoms in total. The molecule has 3 aliphatic heterocycles. The zero-order valence-corrected chi connectivity index (χ0v) is 20.3. The van der Waals surface area contributed by atoms with Crippen LogP contribution in [0.4, 0.5) is 0 Å². The number of fused-ring (bicyclic) bond motifs is 1. The zero-order valence-electron chi connectivity index (χ0n) is 20.3. The molecule has 3 fully saturated rings. The molecule has 3 aliphatic rings. The second kappa shape index (κ2) is 11.4. The molecule has 0 unspecified atom stereocenters. The van der Waals surface area contributed by atoms with Crippen LogP contribution in [0, 0.1) is 11.8 Å². The number of hydrogen-bond acceptors (Lipinski definition) is 5. The van der Waals surface area contributed by atoms with Gasteiger partial charge in [-0.2, -0.15) is 0 Å². The summed E-state index contributed by atoms with van der Waals surface area (Å²) < 4.78 is 5.43. The summed E-state index contributed by atoms with van der Waals surface area (Å²) in [4.78, 5) is 19.9. The van der Waals surface area contributed by atoms with Crippen molar-refractivity contribution in [2.24, 2.45) is 0 Å². The van der Waals surface area contributed by atoms with Crippen molar-refractivity contribution in [2.45, 2.75) is 30.8 Å². The summed E-state index contributed by atoms with van der Waals surface area (Å²) in [6, 6.07) is 18.8. The summed E-state index contributed by atoms with van der Waals surface area (Å²) in [6.45, 7) is 6.19. The van der Waals surface area contributed by atoms with Gasteiger partial charge in [0.1, 0.15) is 0 Å². The standard InChI is InChI=1S/C29H35N3O3/c33-22-27-29(25-12-10-24(11-13-25)9-8-23-6-2-1-3-7-23)26-20-31(14-4-5-15-32(26)27)28(34)21-30-16-18-35-19-17-30/h1-3,6-7,10-13,26-27,29,33H,4-5,14-22H2/t26-,27-,29-/m1/s1. The van der Waals surface area contributed by atoms with E-state index in [-0.39, 0.29) is 30.5 Å². The summed E-state index contributed by atoms with van der Waals surface area (Å²) >= 11 is 0. The van der Waals surface area contributed by atoms with Gasteiger partial charge >= 0.3 is 0 Å². The first kappa shape index (κ1) is 24.0. The Balaban J connectivity index is 1.29. The van der Waals surface area contributed by atoms with Crippen LogP contribution in [0.5, 0.6) is 0 Å². The average molecular weight is 474 g/mol. The first-order valence-electron chi connectivity index (χ1n) is 12.8. The van der Waals surface area contributed by atoms with Crippen molar-refractivity contribution in [2.75, 3.05) is 59.1 Å². The lowest BCUT2D eigenvalue weighted by Crippen LogP contribution is -2.68. The Morgan fingerprint density at radius 3 is 2.31 bits per heavy atom. The van der Waals surface area contributed by atoms with E-state index in [1.54, 1.807) is 0 Å². The van der Waals surface area contributed by atoms with Crippen LogP contribution < -0.4 is 0 Å². The lowest BCUT2D eigenvalue weighted by molar-refractivity contribution is -0.138. The molecule has 5 rings (SSSR count). The molecule has 1 N–H and O–H groups in total. The molecule has 0 aromatic heterocycles. The highest BCUT2D eigenvalue weighted by atomic mass is 16.5. The zero-order chi connectivity index (χ0) is 24.0. The van der Waals surface area contributed by atoms with Gasteiger partial charge in [0.15, 0.2) is 0 Å². The molecule has 3 atom stereocenters. The molecular weight excluding hydrogens is 438 g/mol. The molecule has 1 amide bonds. The van der Waals surface area contributed by atoms with Gasteiger partial charge in [-0.1, -0.05) is 42.2 Å². The van der Waals surface area contributed by atoms with E-state index in [1.165, 1.54) is 5.56 Å². The van der Waals surface area contributed by atoms with E-state index in [1.807, 2.05) is 30.3 Å². The van der Waals surface area contributed by atoms with E-state index in [0.717, 1.165) is 56.7 Å². The van der Waals surface area contributed by atoms with E-state index in [0.29, 0.717) is 19.8 Å².